The van der Waals surface area contributed by atoms with E-state index in [0.29, 0.717) is 0 Å². The zero-order valence-corrected chi connectivity index (χ0v) is 15.0. The number of amides is 1. The lowest BCUT2D eigenvalue weighted by Gasteiger charge is -2.16. The molecule has 9 nitrogen and oxygen atoms in total. The minimum Gasteiger partial charge on any atom is -0.492 e. The van der Waals surface area contributed by atoms with Gasteiger partial charge in [0, 0.05) is 6.54 Å². The summed E-state index contributed by atoms with van der Waals surface area (Å²) < 4.78 is 28.5. The summed E-state index contributed by atoms with van der Waals surface area (Å²) in [4.78, 5) is 37.5. The van der Waals surface area contributed by atoms with Gasteiger partial charge >= 0.3 is 11.9 Å². The summed E-state index contributed by atoms with van der Waals surface area (Å²) in [6.07, 6.45) is 0. The lowest BCUT2D eigenvalue weighted by Crippen LogP contribution is -2.31. The molecule has 0 saturated heterocycles. The molecule has 0 unspecified atom stereocenters. The predicted octanol–water partition coefficient (Wildman–Crippen LogP) is 0.294. The number of benzene rings is 1. The minimum absolute atomic E-state index is 0.00174. The number of nitrogens with zero attached hydrogens (tertiary/aromatic N) is 1. The second-order valence-electron chi connectivity index (χ2n) is 5.45. The number of hydrogen-bond acceptors (Lipinski definition) is 8. The van der Waals surface area contributed by atoms with Gasteiger partial charge in [0.1, 0.15) is 5.70 Å². The van der Waals surface area contributed by atoms with Gasteiger partial charge in [0.05, 0.1) is 51.3 Å². The molecule has 1 aromatic carbocycles. The number of aliphatic hydroxyl groups excluding tert-OH is 1. The molecular formula is C17H19FN2O7. The zero-order chi connectivity index (χ0) is 20.1. The van der Waals surface area contributed by atoms with Gasteiger partial charge in [-0.2, -0.15) is 0 Å². The summed E-state index contributed by atoms with van der Waals surface area (Å²) in [6.45, 7) is -0.392. The summed E-state index contributed by atoms with van der Waals surface area (Å²) in [5.41, 5.74) is -0.318. The van der Waals surface area contributed by atoms with Gasteiger partial charge in [-0.15, -0.1) is 0 Å². The predicted molar refractivity (Wildman–Crippen MR) is 90.6 cm³/mol. The Bertz CT molecular complexity index is 807. The number of esters is 2. The Kier molecular flexibility index (Phi) is 6.35. The summed E-state index contributed by atoms with van der Waals surface area (Å²) in [6, 6.07) is 2.16. The van der Waals surface area contributed by atoms with Crippen molar-refractivity contribution in [3.05, 3.63) is 34.8 Å². The summed E-state index contributed by atoms with van der Waals surface area (Å²) in [5, 5.41) is 11.7. The molecule has 0 bridgehead atoms. The topological polar surface area (TPSA) is 114 Å². The molecule has 0 aliphatic carbocycles. The number of rotatable bonds is 7. The average molecular weight is 382 g/mol. The van der Waals surface area contributed by atoms with Crippen molar-refractivity contribution in [1.82, 2.24) is 4.90 Å². The summed E-state index contributed by atoms with van der Waals surface area (Å²) in [7, 11) is 3.51. The molecule has 0 saturated carbocycles. The number of carbonyl (C=O) groups is 3. The molecule has 27 heavy (non-hydrogen) atoms. The first-order valence-electron chi connectivity index (χ1n) is 7.82. The van der Waals surface area contributed by atoms with Crippen LogP contribution in [0.25, 0.3) is 0 Å². The van der Waals surface area contributed by atoms with Crippen LogP contribution in [0.3, 0.4) is 0 Å². The van der Waals surface area contributed by atoms with Crippen LogP contribution < -0.4 is 10.1 Å². The first kappa shape index (κ1) is 20.2. The van der Waals surface area contributed by atoms with Crippen molar-refractivity contribution in [2.24, 2.45) is 0 Å². The van der Waals surface area contributed by atoms with Gasteiger partial charge in [0.15, 0.2) is 11.6 Å². The number of halogens is 1. The number of β-amino-alcohol motifs (C(OH)–C–C–N with tert-alkyl or cyclic N) is 1. The number of carbonyl (C=O) groups excluding carboxylic acids is 3. The van der Waals surface area contributed by atoms with Crippen molar-refractivity contribution in [2.75, 3.05) is 46.3 Å². The van der Waals surface area contributed by atoms with Crippen molar-refractivity contribution in [3.63, 3.8) is 0 Å². The number of aliphatic hydroxyl groups is 1. The third-order valence-corrected chi connectivity index (χ3v) is 3.88. The first-order valence-corrected chi connectivity index (χ1v) is 7.82. The highest BCUT2D eigenvalue weighted by Crippen LogP contribution is 2.33. The molecule has 1 aliphatic rings. The van der Waals surface area contributed by atoms with Crippen molar-refractivity contribution >= 4 is 23.5 Å². The standard InChI is InChI=1S/C17H19FN2O7/c1-25-14-11(18)6-9(16(23)26-2)7-12(14)19-13-10(17(24)27-3)8-20(4-5-21)15(13)22/h6-7,19,21H,4-5,8H2,1-3H3. The Labute approximate surface area is 154 Å². The molecule has 1 heterocycles. The van der Waals surface area contributed by atoms with Crippen LogP contribution in [-0.4, -0.2) is 68.9 Å². The molecule has 0 fully saturated rings. The quantitative estimate of drug-likeness (QED) is 0.647. The zero-order valence-electron chi connectivity index (χ0n) is 15.0. The smallest absolute Gasteiger partial charge is 0.338 e. The van der Waals surface area contributed by atoms with Crippen LogP contribution >= 0.6 is 0 Å². The Morgan fingerprint density at radius 3 is 2.44 bits per heavy atom. The Hall–Kier alpha value is -3.14. The maximum absolute atomic E-state index is 14.3. The van der Waals surface area contributed by atoms with Gasteiger partial charge in [0.25, 0.3) is 5.91 Å². The number of anilines is 1. The van der Waals surface area contributed by atoms with E-state index in [-0.39, 0.29) is 48.0 Å². The van der Waals surface area contributed by atoms with Crippen LogP contribution in [-0.2, 0) is 19.1 Å². The molecule has 10 heteroatoms. The van der Waals surface area contributed by atoms with E-state index in [2.05, 4.69) is 14.8 Å². The SMILES string of the molecule is COC(=O)C1=C(Nc2cc(C(=O)OC)cc(F)c2OC)C(=O)N(CCO)C1. The van der Waals surface area contributed by atoms with Crippen LogP contribution in [0, 0.1) is 5.82 Å². The fourth-order valence-electron chi connectivity index (χ4n) is 2.61. The van der Waals surface area contributed by atoms with Crippen molar-refractivity contribution in [3.8, 4) is 5.75 Å². The molecule has 1 aromatic rings. The number of nitrogens with one attached hydrogen (secondary N) is 1. The normalized spacial score (nSPS) is 13.7. The molecule has 146 valence electrons. The molecule has 2 rings (SSSR count). The van der Waals surface area contributed by atoms with Crippen molar-refractivity contribution in [1.29, 1.82) is 0 Å². The van der Waals surface area contributed by atoms with Crippen LogP contribution in [0.4, 0.5) is 10.1 Å². The summed E-state index contributed by atoms with van der Waals surface area (Å²) in [5.74, 6) is -3.25. The minimum atomic E-state index is -0.860. The van der Waals surface area contributed by atoms with Crippen LogP contribution in [0.15, 0.2) is 23.4 Å². The van der Waals surface area contributed by atoms with E-state index >= 15 is 0 Å². The highest BCUT2D eigenvalue weighted by molar-refractivity contribution is 6.09. The fraction of sp³-hybridized carbons (Fsp3) is 0.353. The van der Waals surface area contributed by atoms with E-state index in [0.717, 1.165) is 20.3 Å². The molecule has 1 aliphatic heterocycles. The molecule has 1 amide bonds. The molecule has 0 aromatic heterocycles. The molecular weight excluding hydrogens is 363 g/mol. The third kappa shape index (κ3) is 4.00. The largest absolute Gasteiger partial charge is 0.492 e. The maximum atomic E-state index is 14.3. The van der Waals surface area contributed by atoms with Crippen LogP contribution in [0.1, 0.15) is 10.4 Å². The lowest BCUT2D eigenvalue weighted by molar-refractivity contribution is -0.136. The highest BCUT2D eigenvalue weighted by Gasteiger charge is 2.35. The monoisotopic (exact) mass is 382 g/mol. The van der Waals surface area contributed by atoms with E-state index in [1.54, 1.807) is 0 Å². The number of hydrogen-bond donors (Lipinski definition) is 2. The van der Waals surface area contributed by atoms with Crippen molar-refractivity contribution < 1.29 is 38.1 Å². The second kappa shape index (κ2) is 8.49. The van der Waals surface area contributed by atoms with Crippen LogP contribution in [0.5, 0.6) is 5.75 Å². The van der Waals surface area contributed by atoms with Gasteiger partial charge in [-0.05, 0) is 12.1 Å². The van der Waals surface area contributed by atoms with E-state index in [1.807, 2.05) is 0 Å². The highest BCUT2D eigenvalue weighted by atomic mass is 19.1. The van der Waals surface area contributed by atoms with Crippen molar-refractivity contribution in [2.45, 2.75) is 0 Å². The first-order chi connectivity index (χ1) is 12.9. The molecule has 0 radical (unpaired) electrons. The van der Waals surface area contributed by atoms with E-state index in [1.165, 1.54) is 18.1 Å². The van der Waals surface area contributed by atoms with E-state index < -0.39 is 23.7 Å². The maximum Gasteiger partial charge on any atom is 0.338 e. The van der Waals surface area contributed by atoms with Gasteiger partial charge < -0.3 is 29.5 Å². The third-order valence-electron chi connectivity index (χ3n) is 3.88. The molecule has 2 N–H and O–H groups in total. The number of methoxy groups -OCH3 is 3. The van der Waals surface area contributed by atoms with Crippen LogP contribution in [0.2, 0.25) is 0 Å². The average Bonchev–Trinajstić information content (AvgIpc) is 2.96. The Morgan fingerprint density at radius 1 is 1.22 bits per heavy atom. The molecule has 0 spiro atoms. The van der Waals surface area contributed by atoms with E-state index in [9.17, 15) is 18.8 Å². The summed E-state index contributed by atoms with van der Waals surface area (Å²) >= 11 is 0. The van der Waals surface area contributed by atoms with Gasteiger partial charge in [0.2, 0.25) is 0 Å². The van der Waals surface area contributed by atoms with Gasteiger partial charge in [-0.25, -0.2) is 14.0 Å². The molecule has 0 atom stereocenters. The fourth-order valence-corrected chi connectivity index (χ4v) is 2.61. The lowest BCUT2D eigenvalue weighted by atomic mass is 10.1. The Morgan fingerprint density at radius 2 is 1.89 bits per heavy atom. The second-order valence-corrected chi connectivity index (χ2v) is 5.45. The van der Waals surface area contributed by atoms with Gasteiger partial charge in [-0.3, -0.25) is 4.79 Å². The Balaban J connectivity index is 2.51. The van der Waals surface area contributed by atoms with Gasteiger partial charge in [-0.1, -0.05) is 0 Å². The number of ether oxygens (including phenoxy) is 3. The van der Waals surface area contributed by atoms with E-state index in [4.69, 9.17) is 9.84 Å².